The summed E-state index contributed by atoms with van der Waals surface area (Å²) in [6, 6.07) is 15.4. The lowest BCUT2D eigenvalue weighted by molar-refractivity contribution is 0.128. The van der Waals surface area contributed by atoms with Crippen LogP contribution in [0.2, 0.25) is 0 Å². The first-order valence-electron chi connectivity index (χ1n) is 13.7. The lowest BCUT2D eigenvalue weighted by Crippen LogP contribution is -2.47. The van der Waals surface area contributed by atoms with E-state index in [-0.39, 0.29) is 12.0 Å². The van der Waals surface area contributed by atoms with Gasteiger partial charge in [-0.3, -0.25) is 9.80 Å². The third-order valence-corrected chi connectivity index (χ3v) is 7.92. The van der Waals surface area contributed by atoms with Crippen molar-refractivity contribution < 1.29 is 0 Å². The summed E-state index contributed by atoms with van der Waals surface area (Å²) in [4.78, 5) is 21.3. The number of nitrogens with zero attached hydrogens (tertiary/aromatic N) is 7. The van der Waals surface area contributed by atoms with Crippen LogP contribution in [0.25, 0.3) is 11.1 Å². The first-order valence-corrected chi connectivity index (χ1v) is 13.7. The lowest BCUT2D eigenvalue weighted by atomic mass is 10.1. The van der Waals surface area contributed by atoms with E-state index in [4.69, 9.17) is 9.97 Å². The van der Waals surface area contributed by atoms with Crippen molar-refractivity contribution in [2.75, 3.05) is 62.6 Å². The molecule has 9 rings (SSSR count). The molecule has 0 spiro atoms. The number of aromatic nitrogens is 3. The molecule has 2 atom stereocenters. The van der Waals surface area contributed by atoms with Gasteiger partial charge in [0.1, 0.15) is 5.82 Å². The van der Waals surface area contributed by atoms with Crippen molar-refractivity contribution in [3.63, 3.8) is 0 Å². The first kappa shape index (κ1) is 24.7. The second-order valence-electron chi connectivity index (χ2n) is 10.6. The van der Waals surface area contributed by atoms with Crippen LogP contribution in [-0.2, 0) is 6.54 Å². The maximum absolute atomic E-state index is 9.60. The minimum Gasteiger partial charge on any atom is -0.340 e. The van der Waals surface area contributed by atoms with Gasteiger partial charge in [0.25, 0.3) is 0 Å². The minimum atomic E-state index is 0.0189. The standard InChI is InChI=1S/C29H35N9/c30-17-23-15-27-5-6-31-8-9-36-10-12-37(13-11-36)20-22-2-1-3-26(14-22)35-28-16-24(4-7-32-28)25-18-33-29(34-19-25)38(27)21-23/h1-4,7,14,16,18-19,23,27,31H,5-6,8-13,15,20-21H2,(H,32,35). The van der Waals surface area contributed by atoms with E-state index in [2.05, 4.69) is 60.7 Å². The van der Waals surface area contributed by atoms with Crippen LogP contribution in [0.15, 0.2) is 55.0 Å². The Hall–Kier alpha value is -3.58. The number of anilines is 3. The topological polar surface area (TPSA) is 96.2 Å². The predicted octanol–water partition coefficient (Wildman–Crippen LogP) is 3.11. The number of piperazine rings is 1. The van der Waals surface area contributed by atoms with Gasteiger partial charge in [0.05, 0.1) is 12.0 Å². The molecule has 2 aromatic heterocycles. The Labute approximate surface area is 224 Å². The van der Waals surface area contributed by atoms with E-state index < -0.39 is 0 Å². The average molecular weight is 510 g/mol. The molecule has 8 bridgehead atoms. The van der Waals surface area contributed by atoms with Crippen LogP contribution in [0.5, 0.6) is 0 Å². The summed E-state index contributed by atoms with van der Waals surface area (Å²) < 4.78 is 0. The van der Waals surface area contributed by atoms with Gasteiger partial charge in [0.2, 0.25) is 5.95 Å². The largest absolute Gasteiger partial charge is 0.340 e. The van der Waals surface area contributed by atoms with Gasteiger partial charge in [-0.05, 0) is 54.8 Å². The summed E-state index contributed by atoms with van der Waals surface area (Å²) >= 11 is 0. The molecule has 2 unspecified atom stereocenters. The second-order valence-corrected chi connectivity index (χ2v) is 10.6. The molecular formula is C29H35N9. The van der Waals surface area contributed by atoms with Gasteiger partial charge in [-0.15, -0.1) is 0 Å². The van der Waals surface area contributed by atoms with Crippen LogP contribution in [0.1, 0.15) is 18.4 Å². The first-order chi connectivity index (χ1) is 18.7. The zero-order valence-electron chi connectivity index (χ0n) is 21.8. The molecule has 1 aromatic carbocycles. The van der Waals surface area contributed by atoms with E-state index in [1.54, 1.807) is 0 Å². The summed E-state index contributed by atoms with van der Waals surface area (Å²) in [7, 11) is 0. The maximum atomic E-state index is 9.60. The Morgan fingerprint density at radius 3 is 2.58 bits per heavy atom. The summed E-state index contributed by atoms with van der Waals surface area (Å²) in [5.41, 5.74) is 4.30. The molecule has 3 aromatic rings. The molecule has 0 radical (unpaired) electrons. The van der Waals surface area contributed by atoms with Crippen LogP contribution in [0, 0.1) is 17.2 Å². The van der Waals surface area contributed by atoms with Crippen molar-refractivity contribution in [3.8, 4) is 17.2 Å². The Kier molecular flexibility index (Phi) is 7.45. The van der Waals surface area contributed by atoms with Crippen molar-refractivity contribution in [2.24, 2.45) is 5.92 Å². The van der Waals surface area contributed by atoms with Crippen molar-refractivity contribution in [1.82, 2.24) is 30.1 Å². The van der Waals surface area contributed by atoms with E-state index in [0.717, 1.165) is 87.8 Å². The molecule has 6 aliphatic rings. The van der Waals surface area contributed by atoms with Gasteiger partial charge in [0, 0.05) is 88.2 Å². The zero-order chi connectivity index (χ0) is 25.7. The van der Waals surface area contributed by atoms with Crippen LogP contribution >= 0.6 is 0 Å². The third-order valence-electron chi connectivity index (χ3n) is 7.92. The summed E-state index contributed by atoms with van der Waals surface area (Å²) in [6.45, 7) is 9.01. The molecule has 9 heteroatoms. The van der Waals surface area contributed by atoms with Gasteiger partial charge >= 0.3 is 0 Å². The highest BCUT2D eigenvalue weighted by atomic mass is 15.3. The highest BCUT2D eigenvalue weighted by Crippen LogP contribution is 2.29. The lowest BCUT2D eigenvalue weighted by Gasteiger charge is -2.34. The van der Waals surface area contributed by atoms with Crippen molar-refractivity contribution in [3.05, 3.63) is 60.6 Å². The third kappa shape index (κ3) is 5.78. The summed E-state index contributed by atoms with van der Waals surface area (Å²) in [5, 5.41) is 16.7. The Morgan fingerprint density at radius 2 is 1.74 bits per heavy atom. The van der Waals surface area contributed by atoms with Gasteiger partial charge in [0.15, 0.2) is 0 Å². The summed E-state index contributed by atoms with van der Waals surface area (Å²) in [5.74, 6) is 1.52. The number of rotatable bonds is 0. The molecule has 0 amide bonds. The number of hydrogen-bond donors (Lipinski definition) is 2. The van der Waals surface area contributed by atoms with Gasteiger partial charge in [-0.2, -0.15) is 5.26 Å². The number of nitriles is 1. The maximum Gasteiger partial charge on any atom is 0.225 e. The monoisotopic (exact) mass is 509 g/mol. The van der Waals surface area contributed by atoms with Crippen LogP contribution in [-0.4, -0.2) is 83.2 Å². The van der Waals surface area contributed by atoms with Crippen LogP contribution in [0.3, 0.4) is 0 Å². The smallest absolute Gasteiger partial charge is 0.225 e. The Bertz CT molecular complexity index is 1260. The fraction of sp³-hybridized carbons (Fsp3) is 0.448. The normalized spacial score (nSPS) is 25.8. The Balaban J connectivity index is 1.26. The van der Waals surface area contributed by atoms with E-state index in [1.165, 1.54) is 5.56 Å². The molecule has 2 saturated heterocycles. The van der Waals surface area contributed by atoms with Crippen LogP contribution < -0.4 is 15.5 Å². The number of nitrogens with one attached hydrogen (secondary N) is 2. The molecule has 8 heterocycles. The minimum absolute atomic E-state index is 0.0189. The molecule has 38 heavy (non-hydrogen) atoms. The molecule has 0 saturated carbocycles. The number of benzene rings is 1. The number of pyridine rings is 1. The average Bonchev–Trinajstić information content (AvgIpc) is 3.37. The van der Waals surface area contributed by atoms with Gasteiger partial charge in [-0.25, -0.2) is 15.0 Å². The highest BCUT2D eigenvalue weighted by molar-refractivity contribution is 5.68. The Morgan fingerprint density at radius 1 is 0.895 bits per heavy atom. The zero-order valence-corrected chi connectivity index (χ0v) is 21.8. The van der Waals surface area contributed by atoms with Crippen molar-refractivity contribution in [1.29, 1.82) is 5.26 Å². The fourth-order valence-corrected chi connectivity index (χ4v) is 5.78. The van der Waals surface area contributed by atoms with Gasteiger partial charge in [-0.1, -0.05) is 12.1 Å². The molecule has 2 fully saturated rings. The molecule has 2 N–H and O–H groups in total. The summed E-state index contributed by atoms with van der Waals surface area (Å²) in [6.07, 6.45) is 7.42. The van der Waals surface area contributed by atoms with Crippen LogP contribution in [0.4, 0.5) is 17.5 Å². The molecule has 9 nitrogen and oxygen atoms in total. The van der Waals surface area contributed by atoms with E-state index in [9.17, 15) is 5.26 Å². The predicted molar refractivity (Wildman–Crippen MR) is 149 cm³/mol. The SMILES string of the molecule is N#CC1CC2CCNCCN3CCN(CC3)Cc3cccc(c3)Nc3cc(ccn3)-c3cnc(nc3)N2C1. The van der Waals surface area contributed by atoms with E-state index in [0.29, 0.717) is 12.5 Å². The molecular weight excluding hydrogens is 474 g/mol. The van der Waals surface area contributed by atoms with Gasteiger partial charge < -0.3 is 15.5 Å². The fourth-order valence-electron chi connectivity index (χ4n) is 5.78. The van der Waals surface area contributed by atoms with Crippen molar-refractivity contribution >= 4 is 17.5 Å². The molecule has 6 aliphatic heterocycles. The molecule has 196 valence electrons. The van der Waals surface area contributed by atoms with E-state index >= 15 is 0 Å². The quantitative estimate of drug-likeness (QED) is 0.474. The second kappa shape index (κ2) is 11.4. The number of hydrogen-bond acceptors (Lipinski definition) is 9. The van der Waals surface area contributed by atoms with E-state index in [1.807, 2.05) is 30.7 Å². The highest BCUT2D eigenvalue weighted by Gasteiger charge is 2.33. The molecule has 0 aliphatic carbocycles. The van der Waals surface area contributed by atoms with Crippen molar-refractivity contribution in [2.45, 2.75) is 25.4 Å².